The summed E-state index contributed by atoms with van der Waals surface area (Å²) in [6.45, 7) is 0.317. The van der Waals surface area contributed by atoms with Crippen LogP contribution in [0.3, 0.4) is 0 Å². The van der Waals surface area contributed by atoms with Crippen LogP contribution < -0.4 is 5.32 Å². The number of ether oxygens (including phenoxy) is 1. The standard InChI is InChI=1S/C12H19FN2O2.ClH/c13-4-6-15-5-3-12(17-11(15)16)7-9-1-2-10(8-12)14-9;/h9-10,14H,1-8H2;1H/t9-,10+,12?;. The molecule has 6 heteroatoms. The number of halogens is 2. The monoisotopic (exact) mass is 278 g/mol. The van der Waals surface area contributed by atoms with Crippen molar-refractivity contribution in [1.29, 1.82) is 0 Å². The first-order valence-corrected chi connectivity index (χ1v) is 6.51. The molecular formula is C12H20ClFN2O2. The lowest BCUT2D eigenvalue weighted by atomic mass is 9.83. The number of piperidine rings is 1. The van der Waals surface area contributed by atoms with Crippen LogP contribution in [-0.4, -0.2) is 48.4 Å². The van der Waals surface area contributed by atoms with E-state index in [0.717, 1.165) is 19.3 Å². The van der Waals surface area contributed by atoms with Gasteiger partial charge in [-0.15, -0.1) is 12.4 Å². The van der Waals surface area contributed by atoms with Gasteiger partial charge < -0.3 is 15.0 Å². The van der Waals surface area contributed by atoms with E-state index < -0.39 is 6.67 Å². The van der Waals surface area contributed by atoms with Gasteiger partial charge in [0.15, 0.2) is 0 Å². The summed E-state index contributed by atoms with van der Waals surface area (Å²) in [5, 5.41) is 3.55. The van der Waals surface area contributed by atoms with Crippen LogP contribution in [0, 0.1) is 0 Å². The zero-order valence-corrected chi connectivity index (χ0v) is 11.2. The molecular weight excluding hydrogens is 259 g/mol. The van der Waals surface area contributed by atoms with Gasteiger partial charge >= 0.3 is 6.09 Å². The van der Waals surface area contributed by atoms with E-state index in [2.05, 4.69) is 5.32 Å². The van der Waals surface area contributed by atoms with Crippen LogP contribution in [0.5, 0.6) is 0 Å². The molecule has 0 aromatic rings. The lowest BCUT2D eigenvalue weighted by molar-refractivity contribution is -0.0747. The number of hydrogen-bond acceptors (Lipinski definition) is 3. The molecule has 1 amide bonds. The molecule has 1 unspecified atom stereocenters. The third-order valence-electron chi connectivity index (χ3n) is 4.33. The first kappa shape index (κ1) is 13.9. The van der Waals surface area contributed by atoms with E-state index >= 15 is 0 Å². The minimum absolute atomic E-state index is 0. The normalized spacial score (nSPS) is 38.5. The van der Waals surface area contributed by atoms with E-state index in [0.29, 0.717) is 18.6 Å². The van der Waals surface area contributed by atoms with Crippen molar-refractivity contribution in [2.24, 2.45) is 0 Å². The van der Waals surface area contributed by atoms with Crippen molar-refractivity contribution in [1.82, 2.24) is 10.2 Å². The summed E-state index contributed by atoms with van der Waals surface area (Å²) >= 11 is 0. The predicted molar refractivity (Wildman–Crippen MR) is 67.8 cm³/mol. The molecule has 3 fully saturated rings. The number of alkyl halides is 1. The molecule has 4 nitrogen and oxygen atoms in total. The summed E-state index contributed by atoms with van der Waals surface area (Å²) in [6, 6.07) is 1.02. The molecule has 18 heavy (non-hydrogen) atoms. The van der Waals surface area contributed by atoms with E-state index in [1.807, 2.05) is 0 Å². The number of nitrogens with one attached hydrogen (secondary N) is 1. The SMILES string of the molecule is Cl.O=C1OC2(CCN1CCF)C[C@H]1CC[C@@H](C2)N1. The molecule has 2 bridgehead atoms. The zero-order valence-electron chi connectivity index (χ0n) is 10.4. The van der Waals surface area contributed by atoms with Crippen molar-refractivity contribution in [3.05, 3.63) is 0 Å². The average molecular weight is 279 g/mol. The number of hydrogen-bond donors (Lipinski definition) is 1. The fraction of sp³-hybridized carbons (Fsp3) is 0.917. The highest BCUT2D eigenvalue weighted by molar-refractivity contribution is 5.85. The van der Waals surface area contributed by atoms with Crippen molar-refractivity contribution in [3.8, 4) is 0 Å². The Morgan fingerprint density at radius 1 is 1.39 bits per heavy atom. The Hall–Kier alpha value is -0.550. The molecule has 0 saturated carbocycles. The largest absolute Gasteiger partial charge is 0.443 e. The predicted octanol–water partition coefficient (Wildman–Crippen LogP) is 1.87. The van der Waals surface area contributed by atoms with Crippen molar-refractivity contribution in [2.45, 2.75) is 49.8 Å². The van der Waals surface area contributed by atoms with Gasteiger partial charge in [-0.1, -0.05) is 0 Å². The van der Waals surface area contributed by atoms with Gasteiger partial charge in [0, 0.05) is 37.9 Å². The van der Waals surface area contributed by atoms with Gasteiger partial charge in [-0.3, -0.25) is 0 Å². The van der Waals surface area contributed by atoms with Crippen molar-refractivity contribution >= 4 is 18.5 Å². The summed E-state index contributed by atoms with van der Waals surface area (Å²) < 4.78 is 17.9. The van der Waals surface area contributed by atoms with Gasteiger partial charge in [0.1, 0.15) is 12.3 Å². The Balaban J connectivity index is 0.00000120. The van der Waals surface area contributed by atoms with Crippen LogP contribution in [-0.2, 0) is 4.74 Å². The lowest BCUT2D eigenvalue weighted by Gasteiger charge is -2.45. The molecule has 0 aliphatic carbocycles. The van der Waals surface area contributed by atoms with Gasteiger partial charge in [-0.05, 0) is 12.8 Å². The third-order valence-corrected chi connectivity index (χ3v) is 4.33. The second kappa shape index (κ2) is 5.21. The van der Waals surface area contributed by atoms with Gasteiger partial charge in [0.2, 0.25) is 0 Å². The fourth-order valence-electron chi connectivity index (χ4n) is 3.53. The molecule has 0 aromatic heterocycles. The second-order valence-electron chi connectivity index (χ2n) is 5.52. The van der Waals surface area contributed by atoms with Crippen LogP contribution in [0.1, 0.15) is 32.1 Å². The Morgan fingerprint density at radius 3 is 2.61 bits per heavy atom. The highest BCUT2D eigenvalue weighted by Crippen LogP contribution is 2.40. The molecule has 3 atom stereocenters. The fourth-order valence-corrected chi connectivity index (χ4v) is 3.53. The van der Waals surface area contributed by atoms with Crippen LogP contribution in [0.2, 0.25) is 0 Å². The van der Waals surface area contributed by atoms with E-state index in [9.17, 15) is 9.18 Å². The summed E-state index contributed by atoms with van der Waals surface area (Å²) in [6.07, 6.45) is 4.77. The van der Waals surface area contributed by atoms with Crippen molar-refractivity contribution < 1.29 is 13.9 Å². The summed E-state index contributed by atoms with van der Waals surface area (Å²) in [5.41, 5.74) is -0.263. The Morgan fingerprint density at radius 2 is 2.06 bits per heavy atom. The van der Waals surface area contributed by atoms with Gasteiger partial charge in [-0.25, -0.2) is 9.18 Å². The highest BCUT2D eigenvalue weighted by atomic mass is 35.5. The molecule has 104 valence electrons. The molecule has 1 spiro atoms. The minimum atomic E-state index is -0.491. The molecule has 3 aliphatic heterocycles. The smallest absolute Gasteiger partial charge is 0.410 e. The number of rotatable bonds is 2. The maximum absolute atomic E-state index is 12.3. The molecule has 0 aromatic carbocycles. The van der Waals surface area contributed by atoms with Crippen LogP contribution in [0.4, 0.5) is 9.18 Å². The Kier molecular flexibility index (Phi) is 4.02. The quantitative estimate of drug-likeness (QED) is 0.838. The highest BCUT2D eigenvalue weighted by Gasteiger charge is 2.48. The summed E-state index contributed by atoms with van der Waals surface area (Å²) in [5.74, 6) is 0. The van der Waals surface area contributed by atoms with Crippen LogP contribution in [0.15, 0.2) is 0 Å². The maximum atomic E-state index is 12.3. The second-order valence-corrected chi connectivity index (χ2v) is 5.52. The zero-order chi connectivity index (χ0) is 11.9. The molecule has 3 heterocycles. The van der Waals surface area contributed by atoms with E-state index in [1.54, 1.807) is 0 Å². The van der Waals surface area contributed by atoms with E-state index in [-0.39, 0.29) is 30.6 Å². The number of amides is 1. The lowest BCUT2D eigenvalue weighted by Crippen LogP contribution is -2.57. The Labute approximate surface area is 113 Å². The maximum Gasteiger partial charge on any atom is 0.410 e. The minimum Gasteiger partial charge on any atom is -0.443 e. The average Bonchev–Trinajstić information content (AvgIpc) is 2.63. The molecule has 1 N–H and O–H groups in total. The van der Waals surface area contributed by atoms with Crippen LogP contribution in [0.25, 0.3) is 0 Å². The number of carbonyl (C=O) groups excluding carboxylic acids is 1. The van der Waals surface area contributed by atoms with E-state index in [4.69, 9.17) is 4.74 Å². The van der Waals surface area contributed by atoms with Crippen molar-refractivity contribution in [3.63, 3.8) is 0 Å². The number of nitrogens with zero attached hydrogens (tertiary/aromatic N) is 1. The van der Waals surface area contributed by atoms with Crippen LogP contribution >= 0.6 is 12.4 Å². The summed E-state index contributed by atoms with van der Waals surface area (Å²) in [7, 11) is 0. The topological polar surface area (TPSA) is 41.6 Å². The first-order chi connectivity index (χ1) is 8.21. The molecule has 3 saturated heterocycles. The van der Waals surface area contributed by atoms with E-state index in [1.165, 1.54) is 17.7 Å². The Bertz CT molecular complexity index is 317. The number of fused-ring (bicyclic) bond motifs is 2. The summed E-state index contributed by atoms with van der Waals surface area (Å²) in [4.78, 5) is 13.3. The molecule has 3 rings (SSSR count). The third kappa shape index (κ3) is 2.43. The van der Waals surface area contributed by atoms with Gasteiger partial charge in [0.05, 0.1) is 6.54 Å². The van der Waals surface area contributed by atoms with Gasteiger partial charge in [-0.2, -0.15) is 0 Å². The number of carbonyl (C=O) groups is 1. The first-order valence-electron chi connectivity index (χ1n) is 6.51. The van der Waals surface area contributed by atoms with Crippen molar-refractivity contribution in [2.75, 3.05) is 19.8 Å². The molecule has 3 aliphatic rings. The molecule has 0 radical (unpaired) electrons. The van der Waals surface area contributed by atoms with Gasteiger partial charge in [0.25, 0.3) is 0 Å².